The van der Waals surface area contributed by atoms with Crippen LogP contribution in [0.2, 0.25) is 0 Å². The van der Waals surface area contributed by atoms with E-state index < -0.39 is 0 Å². The van der Waals surface area contributed by atoms with E-state index in [1.54, 1.807) is 0 Å². The van der Waals surface area contributed by atoms with Crippen molar-refractivity contribution >= 4 is 39.2 Å². The van der Waals surface area contributed by atoms with Gasteiger partial charge in [-0.1, -0.05) is 0 Å². The Morgan fingerprint density at radius 1 is 0.931 bits per heavy atom. The fourth-order valence-electron chi connectivity index (χ4n) is 5.38. The fraction of sp³-hybridized carbons (Fsp3) is 0.423. The average Bonchev–Trinajstić information content (AvgIpc) is 2.73. The molecule has 5 rings (SSSR count). The van der Waals surface area contributed by atoms with Crippen LogP contribution in [0, 0.1) is 6.92 Å². The maximum atomic E-state index is 10.7. The van der Waals surface area contributed by atoms with E-state index in [1.165, 1.54) is 68.9 Å². The standard InChI is InChI=1S/C26H30N2O/c1-18-23-8-6-9-27(2)26(23)17-22-14-21-16-25-19(13-20(21)15-24(18)22)7-5-11-28(25)10-3-4-12-29/h12-17H,3-11H2,1-2H3. The van der Waals surface area contributed by atoms with Crippen LogP contribution >= 0.6 is 0 Å². The fourth-order valence-corrected chi connectivity index (χ4v) is 5.38. The van der Waals surface area contributed by atoms with Crippen LogP contribution in [0.15, 0.2) is 30.3 Å². The highest BCUT2D eigenvalue weighted by Crippen LogP contribution is 2.38. The van der Waals surface area contributed by atoms with Crippen molar-refractivity contribution in [2.24, 2.45) is 0 Å². The maximum Gasteiger partial charge on any atom is 0.120 e. The number of nitrogens with zero attached hydrogens (tertiary/aromatic N) is 2. The number of aldehydes is 1. The van der Waals surface area contributed by atoms with Crippen LogP contribution in [-0.4, -0.2) is 33.0 Å². The number of unbranched alkanes of at least 4 members (excludes halogenated alkanes) is 1. The van der Waals surface area contributed by atoms with Gasteiger partial charge in [-0.15, -0.1) is 0 Å². The third-order valence-electron chi connectivity index (χ3n) is 6.96. The zero-order chi connectivity index (χ0) is 20.0. The largest absolute Gasteiger partial charge is 0.374 e. The molecule has 3 heteroatoms. The number of hydrogen-bond acceptors (Lipinski definition) is 3. The summed E-state index contributed by atoms with van der Waals surface area (Å²) in [4.78, 5) is 15.6. The second-order valence-corrected chi connectivity index (χ2v) is 8.83. The number of anilines is 2. The summed E-state index contributed by atoms with van der Waals surface area (Å²) < 4.78 is 0. The van der Waals surface area contributed by atoms with Crippen molar-refractivity contribution in [3.05, 3.63) is 47.0 Å². The Balaban J connectivity index is 1.64. The number of benzene rings is 3. The third-order valence-corrected chi connectivity index (χ3v) is 6.96. The summed E-state index contributed by atoms with van der Waals surface area (Å²) >= 11 is 0. The van der Waals surface area contributed by atoms with E-state index >= 15 is 0 Å². The molecule has 3 nitrogen and oxygen atoms in total. The number of carbonyl (C=O) groups is 1. The van der Waals surface area contributed by atoms with E-state index in [1.807, 2.05) is 0 Å². The van der Waals surface area contributed by atoms with E-state index in [0.29, 0.717) is 6.42 Å². The monoisotopic (exact) mass is 386 g/mol. The molecule has 29 heavy (non-hydrogen) atoms. The molecule has 0 amide bonds. The first-order chi connectivity index (χ1) is 14.2. The average molecular weight is 387 g/mol. The number of carbonyl (C=O) groups excluding carboxylic acids is 1. The minimum Gasteiger partial charge on any atom is -0.374 e. The Hall–Kier alpha value is -2.55. The predicted octanol–water partition coefficient (Wildman–Crippen LogP) is 5.42. The van der Waals surface area contributed by atoms with Gasteiger partial charge in [0.15, 0.2) is 0 Å². The lowest BCUT2D eigenvalue weighted by molar-refractivity contribution is -0.107. The van der Waals surface area contributed by atoms with E-state index in [9.17, 15) is 4.79 Å². The number of aryl methyl sites for hydroxylation is 2. The van der Waals surface area contributed by atoms with Gasteiger partial charge in [-0.25, -0.2) is 0 Å². The van der Waals surface area contributed by atoms with Crippen LogP contribution in [0.4, 0.5) is 11.4 Å². The Bertz CT molecular complexity index is 1100. The molecule has 0 atom stereocenters. The summed E-state index contributed by atoms with van der Waals surface area (Å²) in [7, 11) is 2.22. The van der Waals surface area contributed by atoms with Crippen molar-refractivity contribution in [1.29, 1.82) is 0 Å². The molecule has 2 aliphatic heterocycles. The lowest BCUT2D eigenvalue weighted by Gasteiger charge is -2.32. The molecule has 0 aromatic heterocycles. The summed E-state index contributed by atoms with van der Waals surface area (Å²) in [6, 6.07) is 12.0. The zero-order valence-corrected chi connectivity index (χ0v) is 17.6. The van der Waals surface area contributed by atoms with Gasteiger partial charge in [-0.05, 0) is 108 Å². The van der Waals surface area contributed by atoms with Gasteiger partial charge < -0.3 is 14.6 Å². The number of rotatable bonds is 4. The van der Waals surface area contributed by atoms with Gasteiger partial charge in [0, 0.05) is 44.5 Å². The Morgan fingerprint density at radius 3 is 2.59 bits per heavy atom. The number of fused-ring (bicyclic) bond motifs is 4. The molecule has 0 bridgehead atoms. The van der Waals surface area contributed by atoms with Gasteiger partial charge in [-0.3, -0.25) is 0 Å². The maximum absolute atomic E-state index is 10.7. The van der Waals surface area contributed by atoms with Gasteiger partial charge in [0.1, 0.15) is 6.29 Å². The highest BCUT2D eigenvalue weighted by molar-refractivity contribution is 6.03. The molecule has 3 aromatic rings. The molecular formula is C26H30N2O. The zero-order valence-electron chi connectivity index (χ0n) is 17.6. The van der Waals surface area contributed by atoms with Gasteiger partial charge in [-0.2, -0.15) is 0 Å². The van der Waals surface area contributed by atoms with E-state index in [4.69, 9.17) is 0 Å². The molecular weight excluding hydrogens is 356 g/mol. The minimum atomic E-state index is 0.655. The quantitative estimate of drug-likeness (QED) is 0.340. The summed E-state index contributed by atoms with van der Waals surface area (Å²) in [5, 5.41) is 5.45. The molecule has 0 spiro atoms. The smallest absolute Gasteiger partial charge is 0.120 e. The van der Waals surface area contributed by atoms with Crippen molar-refractivity contribution in [2.45, 2.75) is 45.4 Å². The Morgan fingerprint density at radius 2 is 1.72 bits per heavy atom. The minimum absolute atomic E-state index is 0.655. The van der Waals surface area contributed by atoms with Crippen molar-refractivity contribution in [3.63, 3.8) is 0 Å². The second kappa shape index (κ2) is 7.37. The van der Waals surface area contributed by atoms with Crippen LogP contribution in [0.25, 0.3) is 21.5 Å². The molecule has 2 aliphatic rings. The highest BCUT2D eigenvalue weighted by atomic mass is 16.1. The molecule has 0 saturated heterocycles. The summed E-state index contributed by atoms with van der Waals surface area (Å²) in [5.74, 6) is 0. The molecule has 0 radical (unpaired) electrons. The van der Waals surface area contributed by atoms with Gasteiger partial charge in [0.2, 0.25) is 0 Å². The Labute approximate surface area is 173 Å². The van der Waals surface area contributed by atoms with Crippen molar-refractivity contribution in [3.8, 4) is 0 Å². The molecule has 0 saturated carbocycles. The van der Waals surface area contributed by atoms with Crippen LogP contribution in [0.1, 0.15) is 42.4 Å². The first-order valence-electron chi connectivity index (χ1n) is 11.1. The number of hydrogen-bond donors (Lipinski definition) is 0. The lowest BCUT2D eigenvalue weighted by atomic mass is 9.89. The highest BCUT2D eigenvalue weighted by Gasteiger charge is 2.20. The second-order valence-electron chi connectivity index (χ2n) is 8.83. The third kappa shape index (κ3) is 3.17. The molecule has 0 N–H and O–H groups in total. The first kappa shape index (κ1) is 18.5. The SMILES string of the molecule is Cc1c2c(cc3cc4cc5c(cc4cc13)CCCN5CCCC=O)N(C)CCC2. The van der Waals surface area contributed by atoms with Gasteiger partial charge >= 0.3 is 0 Å². The summed E-state index contributed by atoms with van der Waals surface area (Å²) in [6.07, 6.45) is 7.43. The Kier molecular flexibility index (Phi) is 4.69. The molecule has 2 heterocycles. The molecule has 0 unspecified atom stereocenters. The lowest BCUT2D eigenvalue weighted by Crippen LogP contribution is -2.30. The normalized spacial score (nSPS) is 16.2. The van der Waals surface area contributed by atoms with Crippen molar-refractivity contribution < 1.29 is 4.79 Å². The van der Waals surface area contributed by atoms with Gasteiger partial charge in [0.05, 0.1) is 0 Å². The topological polar surface area (TPSA) is 23.6 Å². The summed E-state index contributed by atoms with van der Waals surface area (Å²) in [5.41, 5.74) is 7.24. The van der Waals surface area contributed by atoms with Crippen LogP contribution in [0.5, 0.6) is 0 Å². The van der Waals surface area contributed by atoms with Crippen molar-refractivity contribution in [2.75, 3.05) is 36.5 Å². The molecule has 3 aromatic carbocycles. The van der Waals surface area contributed by atoms with E-state index in [2.05, 4.69) is 54.1 Å². The van der Waals surface area contributed by atoms with Gasteiger partial charge in [0.25, 0.3) is 0 Å². The van der Waals surface area contributed by atoms with Crippen LogP contribution in [-0.2, 0) is 17.6 Å². The summed E-state index contributed by atoms with van der Waals surface area (Å²) in [6.45, 7) is 5.53. The molecule has 0 fully saturated rings. The van der Waals surface area contributed by atoms with E-state index in [0.717, 1.165) is 38.8 Å². The van der Waals surface area contributed by atoms with E-state index in [-0.39, 0.29) is 0 Å². The molecule has 0 aliphatic carbocycles. The first-order valence-corrected chi connectivity index (χ1v) is 11.1. The van der Waals surface area contributed by atoms with Crippen molar-refractivity contribution in [1.82, 2.24) is 0 Å². The molecule has 150 valence electrons. The van der Waals surface area contributed by atoms with Crippen LogP contribution in [0.3, 0.4) is 0 Å². The predicted molar refractivity (Wildman–Crippen MR) is 124 cm³/mol. The van der Waals surface area contributed by atoms with Crippen LogP contribution < -0.4 is 9.80 Å².